The number of fused-ring (bicyclic) bond motifs is 1. The van der Waals surface area contributed by atoms with Gasteiger partial charge in [-0.3, -0.25) is 9.78 Å². The Morgan fingerprint density at radius 3 is 3.04 bits per heavy atom. The zero-order chi connectivity index (χ0) is 16.2. The normalized spacial score (nSPS) is 10.8. The summed E-state index contributed by atoms with van der Waals surface area (Å²) in [4.78, 5) is 16.7. The fourth-order valence-corrected chi connectivity index (χ4v) is 2.86. The quantitative estimate of drug-likeness (QED) is 0.672. The molecule has 0 unspecified atom stereocenters. The molecule has 23 heavy (non-hydrogen) atoms. The van der Waals surface area contributed by atoms with Gasteiger partial charge in [-0.25, -0.2) is 0 Å². The first kappa shape index (κ1) is 15.6. The molecule has 0 saturated carbocycles. The molecule has 3 aromatic rings. The second kappa shape index (κ2) is 6.83. The molecular formula is C17H16BrN3O2. The molecule has 6 heteroatoms. The van der Waals surface area contributed by atoms with Crippen LogP contribution in [0.2, 0.25) is 0 Å². The van der Waals surface area contributed by atoms with Crippen LogP contribution in [0.4, 0.5) is 0 Å². The predicted molar refractivity (Wildman–Crippen MR) is 92.4 cm³/mol. The van der Waals surface area contributed by atoms with Crippen LogP contribution < -0.4 is 5.32 Å². The van der Waals surface area contributed by atoms with Crippen molar-refractivity contribution in [1.82, 2.24) is 14.9 Å². The summed E-state index contributed by atoms with van der Waals surface area (Å²) in [6.45, 7) is 4.82. The lowest BCUT2D eigenvalue weighted by Crippen LogP contribution is -2.28. The Kier molecular flexibility index (Phi) is 4.62. The molecule has 118 valence electrons. The van der Waals surface area contributed by atoms with Gasteiger partial charge in [0.1, 0.15) is 5.69 Å². The van der Waals surface area contributed by atoms with E-state index in [1.54, 1.807) is 18.3 Å². The van der Waals surface area contributed by atoms with Crippen molar-refractivity contribution >= 4 is 32.9 Å². The van der Waals surface area contributed by atoms with Crippen molar-refractivity contribution in [3.05, 3.63) is 65.2 Å². The topological polar surface area (TPSA) is 60.1 Å². The number of hydrogen-bond acceptors (Lipinski definition) is 3. The zero-order valence-electron chi connectivity index (χ0n) is 12.5. The number of allylic oxidation sites excluding steroid dienone is 1. The standard InChI is InChI=1S/C17H16BrN3O2/c1-2-9-21-13-11-16(18)23-15(13)10-14(21)17(22)20-8-6-12-5-3-4-7-19-12/h2-5,7,10-11H,1,6,8-9H2,(H,20,22). The molecule has 0 aliphatic heterocycles. The highest BCUT2D eigenvalue weighted by Crippen LogP contribution is 2.27. The van der Waals surface area contributed by atoms with Gasteiger partial charge in [-0.05, 0) is 28.1 Å². The van der Waals surface area contributed by atoms with Gasteiger partial charge in [-0.15, -0.1) is 6.58 Å². The van der Waals surface area contributed by atoms with Gasteiger partial charge in [0.2, 0.25) is 0 Å². The summed E-state index contributed by atoms with van der Waals surface area (Å²) in [6.07, 6.45) is 4.19. The zero-order valence-corrected chi connectivity index (χ0v) is 14.0. The van der Waals surface area contributed by atoms with Gasteiger partial charge in [-0.2, -0.15) is 0 Å². The number of halogens is 1. The Morgan fingerprint density at radius 1 is 1.43 bits per heavy atom. The van der Waals surface area contributed by atoms with Crippen LogP contribution in [0.3, 0.4) is 0 Å². The van der Waals surface area contributed by atoms with Crippen LogP contribution in [0.5, 0.6) is 0 Å². The van der Waals surface area contributed by atoms with Gasteiger partial charge in [0, 0.05) is 43.5 Å². The molecule has 0 bridgehead atoms. The third-order valence-corrected chi connectivity index (χ3v) is 3.89. The molecule has 5 nitrogen and oxygen atoms in total. The maximum absolute atomic E-state index is 12.4. The highest BCUT2D eigenvalue weighted by Gasteiger charge is 2.17. The number of carbonyl (C=O) groups is 1. The summed E-state index contributed by atoms with van der Waals surface area (Å²) in [7, 11) is 0. The summed E-state index contributed by atoms with van der Waals surface area (Å²) < 4.78 is 8.05. The van der Waals surface area contributed by atoms with Gasteiger partial charge in [0.05, 0.1) is 5.52 Å². The molecule has 0 saturated heterocycles. The van der Waals surface area contributed by atoms with E-state index >= 15 is 0 Å². The van der Waals surface area contributed by atoms with Gasteiger partial charge in [-0.1, -0.05) is 12.1 Å². The predicted octanol–water partition coefficient (Wildman–Crippen LogP) is 3.55. The minimum Gasteiger partial charge on any atom is -0.448 e. The molecule has 3 heterocycles. The number of pyridine rings is 1. The maximum atomic E-state index is 12.4. The van der Waals surface area contributed by atoms with Crippen LogP contribution in [-0.2, 0) is 13.0 Å². The molecule has 0 fully saturated rings. The average molecular weight is 374 g/mol. The van der Waals surface area contributed by atoms with E-state index in [0.29, 0.717) is 35.5 Å². The summed E-state index contributed by atoms with van der Waals surface area (Å²) in [5.74, 6) is -0.134. The summed E-state index contributed by atoms with van der Waals surface area (Å²) in [5.41, 5.74) is 3.05. The van der Waals surface area contributed by atoms with E-state index in [2.05, 4.69) is 32.8 Å². The molecule has 3 aromatic heterocycles. The molecule has 1 amide bonds. The lowest BCUT2D eigenvalue weighted by Gasteiger charge is -2.08. The Labute approximate surface area is 142 Å². The summed E-state index contributed by atoms with van der Waals surface area (Å²) in [6, 6.07) is 9.35. The molecule has 0 radical (unpaired) electrons. The van der Waals surface area contributed by atoms with Crippen LogP contribution in [0.1, 0.15) is 16.2 Å². The third kappa shape index (κ3) is 3.37. The Hall–Kier alpha value is -2.34. The SMILES string of the molecule is C=CCn1c(C(=O)NCCc2ccccn2)cc2oc(Br)cc21. The number of furan rings is 1. The number of aromatic nitrogens is 2. The van der Waals surface area contributed by atoms with Crippen molar-refractivity contribution in [2.24, 2.45) is 0 Å². The molecule has 1 N–H and O–H groups in total. The lowest BCUT2D eigenvalue weighted by molar-refractivity contribution is 0.0945. The number of amides is 1. The minimum atomic E-state index is -0.134. The monoisotopic (exact) mass is 373 g/mol. The average Bonchev–Trinajstić information content (AvgIpc) is 3.06. The van der Waals surface area contributed by atoms with Crippen LogP contribution in [0.25, 0.3) is 11.1 Å². The molecule has 0 aliphatic carbocycles. The maximum Gasteiger partial charge on any atom is 0.268 e. The molecular weight excluding hydrogens is 358 g/mol. The van der Waals surface area contributed by atoms with Crippen molar-refractivity contribution in [2.75, 3.05) is 6.54 Å². The van der Waals surface area contributed by atoms with Crippen LogP contribution in [-0.4, -0.2) is 22.0 Å². The first-order chi connectivity index (χ1) is 11.2. The Balaban J connectivity index is 1.73. The van der Waals surface area contributed by atoms with Gasteiger partial charge >= 0.3 is 0 Å². The third-order valence-electron chi connectivity index (χ3n) is 3.50. The molecule has 0 aliphatic rings. The van der Waals surface area contributed by atoms with E-state index in [9.17, 15) is 4.79 Å². The van der Waals surface area contributed by atoms with Gasteiger partial charge in [0.25, 0.3) is 5.91 Å². The first-order valence-corrected chi connectivity index (χ1v) is 8.06. The first-order valence-electron chi connectivity index (χ1n) is 7.26. The largest absolute Gasteiger partial charge is 0.448 e. The van der Waals surface area contributed by atoms with Crippen LogP contribution >= 0.6 is 15.9 Å². The number of hydrogen-bond donors (Lipinski definition) is 1. The number of rotatable bonds is 6. The van der Waals surface area contributed by atoms with Gasteiger partial charge < -0.3 is 14.3 Å². The number of nitrogens with zero attached hydrogens (tertiary/aromatic N) is 2. The number of carbonyl (C=O) groups excluding carboxylic acids is 1. The smallest absolute Gasteiger partial charge is 0.268 e. The molecule has 0 aromatic carbocycles. The summed E-state index contributed by atoms with van der Waals surface area (Å²) >= 11 is 3.31. The van der Waals surface area contributed by atoms with Crippen molar-refractivity contribution in [3.63, 3.8) is 0 Å². The Morgan fingerprint density at radius 2 is 2.30 bits per heavy atom. The second-order valence-corrected chi connectivity index (χ2v) is 5.84. The van der Waals surface area contributed by atoms with Crippen molar-refractivity contribution < 1.29 is 9.21 Å². The molecule has 0 spiro atoms. The second-order valence-electron chi connectivity index (χ2n) is 5.06. The van der Waals surface area contributed by atoms with Crippen molar-refractivity contribution in [1.29, 1.82) is 0 Å². The van der Waals surface area contributed by atoms with E-state index in [1.807, 2.05) is 28.8 Å². The lowest BCUT2D eigenvalue weighted by atomic mass is 10.2. The molecule has 3 rings (SSSR count). The van der Waals surface area contributed by atoms with E-state index < -0.39 is 0 Å². The highest BCUT2D eigenvalue weighted by molar-refractivity contribution is 9.10. The van der Waals surface area contributed by atoms with Gasteiger partial charge in [0.15, 0.2) is 10.3 Å². The highest BCUT2D eigenvalue weighted by atomic mass is 79.9. The fraction of sp³-hybridized carbons (Fsp3) is 0.176. The van der Waals surface area contributed by atoms with E-state index in [4.69, 9.17) is 4.42 Å². The van der Waals surface area contributed by atoms with Crippen LogP contribution in [0, 0.1) is 0 Å². The van der Waals surface area contributed by atoms with Crippen molar-refractivity contribution in [2.45, 2.75) is 13.0 Å². The number of nitrogens with one attached hydrogen (secondary N) is 1. The molecule has 0 atom stereocenters. The summed E-state index contributed by atoms with van der Waals surface area (Å²) in [5, 5.41) is 2.92. The van der Waals surface area contributed by atoms with Crippen LogP contribution in [0.15, 0.2) is 58.3 Å². The van der Waals surface area contributed by atoms with Crippen molar-refractivity contribution in [3.8, 4) is 0 Å². The Bertz CT molecular complexity index is 836. The van der Waals surface area contributed by atoms with E-state index in [0.717, 1.165) is 11.2 Å². The minimum absolute atomic E-state index is 0.134. The fourth-order valence-electron chi connectivity index (χ4n) is 2.47. The van der Waals surface area contributed by atoms with E-state index in [-0.39, 0.29) is 5.91 Å². The van der Waals surface area contributed by atoms with E-state index in [1.165, 1.54) is 0 Å².